The number of rotatable bonds is 4. The van der Waals surface area contributed by atoms with E-state index in [1.165, 1.54) is 5.56 Å². The zero-order valence-electron chi connectivity index (χ0n) is 10.1. The molecule has 0 fully saturated rings. The molecule has 0 bridgehead atoms. The molecule has 17 heavy (non-hydrogen) atoms. The van der Waals surface area contributed by atoms with Gasteiger partial charge in [0.2, 0.25) is 0 Å². The first-order chi connectivity index (χ1) is 8.25. The van der Waals surface area contributed by atoms with Gasteiger partial charge in [-0.3, -0.25) is 9.97 Å². The normalized spacial score (nSPS) is 10.2. The molecule has 0 unspecified atom stereocenters. The highest BCUT2D eigenvalue weighted by Crippen LogP contribution is 2.08. The molecule has 0 aliphatic heterocycles. The first kappa shape index (κ1) is 11.5. The molecule has 2 aromatic rings. The molecule has 88 valence electrons. The lowest BCUT2D eigenvalue weighted by molar-refractivity contribution is 0.972. The molecule has 2 heterocycles. The maximum atomic E-state index is 4.42. The molecule has 2 rings (SSSR count). The van der Waals surface area contributed by atoms with Gasteiger partial charge in [0.1, 0.15) is 5.82 Å². The van der Waals surface area contributed by atoms with Gasteiger partial charge in [0, 0.05) is 25.1 Å². The fraction of sp³-hybridized carbons (Fsp3) is 0.308. The Morgan fingerprint density at radius 2 is 1.94 bits per heavy atom. The molecule has 4 nitrogen and oxygen atoms in total. The number of aromatic nitrogens is 3. The Morgan fingerprint density at radius 1 is 1.18 bits per heavy atom. The van der Waals surface area contributed by atoms with Crippen molar-refractivity contribution in [2.24, 2.45) is 0 Å². The Morgan fingerprint density at radius 3 is 2.71 bits per heavy atom. The van der Waals surface area contributed by atoms with Crippen LogP contribution in [0.1, 0.15) is 17.0 Å². The lowest BCUT2D eigenvalue weighted by Crippen LogP contribution is -2.09. The largest absolute Gasteiger partial charge is 0.368 e. The van der Waals surface area contributed by atoms with Crippen LogP contribution >= 0.6 is 0 Å². The van der Waals surface area contributed by atoms with Crippen molar-refractivity contribution in [1.82, 2.24) is 15.0 Å². The minimum Gasteiger partial charge on any atom is -0.368 e. The SMILES string of the molecule is Cc1cnc(C)c(NCCc2ccncc2)n1. The molecule has 0 radical (unpaired) electrons. The van der Waals surface area contributed by atoms with Crippen LogP contribution in [0.4, 0.5) is 5.82 Å². The zero-order chi connectivity index (χ0) is 12.1. The first-order valence-corrected chi connectivity index (χ1v) is 5.69. The highest BCUT2D eigenvalue weighted by atomic mass is 15.0. The molecule has 2 aromatic heterocycles. The second kappa shape index (κ2) is 5.39. The smallest absolute Gasteiger partial charge is 0.147 e. The van der Waals surface area contributed by atoms with Crippen molar-refractivity contribution in [1.29, 1.82) is 0 Å². The average Bonchev–Trinajstić information content (AvgIpc) is 2.35. The summed E-state index contributed by atoms with van der Waals surface area (Å²) in [7, 11) is 0. The molecule has 0 atom stereocenters. The molecule has 0 saturated carbocycles. The number of pyridine rings is 1. The number of aryl methyl sites for hydroxylation is 2. The molecule has 0 spiro atoms. The lowest BCUT2D eigenvalue weighted by atomic mass is 10.2. The summed E-state index contributed by atoms with van der Waals surface area (Å²) in [6, 6.07) is 4.05. The van der Waals surface area contributed by atoms with E-state index in [1.807, 2.05) is 38.4 Å². The highest BCUT2D eigenvalue weighted by molar-refractivity contribution is 5.39. The van der Waals surface area contributed by atoms with Crippen molar-refractivity contribution < 1.29 is 0 Å². The van der Waals surface area contributed by atoms with Gasteiger partial charge < -0.3 is 5.32 Å². The average molecular weight is 228 g/mol. The number of hydrogen-bond donors (Lipinski definition) is 1. The minimum absolute atomic E-state index is 0.850. The Balaban J connectivity index is 1.92. The summed E-state index contributed by atoms with van der Waals surface area (Å²) in [5.74, 6) is 0.874. The standard InChI is InChI=1S/C13H16N4/c1-10-9-16-11(2)13(17-10)15-8-5-12-3-6-14-7-4-12/h3-4,6-7,9H,5,8H2,1-2H3,(H,15,17). The first-order valence-electron chi connectivity index (χ1n) is 5.69. The lowest BCUT2D eigenvalue weighted by Gasteiger charge is -2.08. The maximum absolute atomic E-state index is 4.42. The van der Waals surface area contributed by atoms with Crippen LogP contribution in [0, 0.1) is 13.8 Å². The fourth-order valence-electron chi connectivity index (χ4n) is 1.58. The second-order valence-corrected chi connectivity index (χ2v) is 3.98. The van der Waals surface area contributed by atoms with Crippen molar-refractivity contribution in [3.05, 3.63) is 47.7 Å². The number of anilines is 1. The van der Waals surface area contributed by atoms with E-state index in [9.17, 15) is 0 Å². The van der Waals surface area contributed by atoms with Gasteiger partial charge in [-0.05, 0) is 38.0 Å². The maximum Gasteiger partial charge on any atom is 0.147 e. The molecule has 4 heteroatoms. The van der Waals surface area contributed by atoms with E-state index in [4.69, 9.17) is 0 Å². The predicted octanol–water partition coefficient (Wildman–Crippen LogP) is 2.14. The van der Waals surface area contributed by atoms with E-state index >= 15 is 0 Å². The fourth-order valence-corrected chi connectivity index (χ4v) is 1.58. The summed E-state index contributed by atoms with van der Waals surface area (Å²) in [6.07, 6.45) is 6.36. The summed E-state index contributed by atoms with van der Waals surface area (Å²) in [5.41, 5.74) is 3.14. The summed E-state index contributed by atoms with van der Waals surface area (Å²) in [5, 5.41) is 3.31. The van der Waals surface area contributed by atoms with E-state index in [-0.39, 0.29) is 0 Å². The van der Waals surface area contributed by atoms with Crippen LogP contribution in [-0.2, 0) is 6.42 Å². The Hall–Kier alpha value is -1.97. The van der Waals surface area contributed by atoms with Gasteiger partial charge in [0.25, 0.3) is 0 Å². The molecule has 0 amide bonds. The van der Waals surface area contributed by atoms with Crippen LogP contribution in [0.5, 0.6) is 0 Å². The van der Waals surface area contributed by atoms with Crippen LogP contribution in [0.25, 0.3) is 0 Å². The third-order valence-electron chi connectivity index (χ3n) is 2.53. The van der Waals surface area contributed by atoms with E-state index in [0.717, 1.165) is 30.2 Å². The van der Waals surface area contributed by atoms with E-state index in [0.29, 0.717) is 0 Å². The van der Waals surface area contributed by atoms with Gasteiger partial charge in [-0.25, -0.2) is 4.98 Å². The van der Waals surface area contributed by atoms with Crippen molar-refractivity contribution in [3.63, 3.8) is 0 Å². The van der Waals surface area contributed by atoms with Crippen LogP contribution in [0.15, 0.2) is 30.7 Å². The molecule has 0 saturated heterocycles. The van der Waals surface area contributed by atoms with Crippen LogP contribution in [0.3, 0.4) is 0 Å². The van der Waals surface area contributed by atoms with Crippen LogP contribution in [-0.4, -0.2) is 21.5 Å². The van der Waals surface area contributed by atoms with E-state index in [1.54, 1.807) is 6.20 Å². The number of nitrogens with one attached hydrogen (secondary N) is 1. The molecule has 1 N–H and O–H groups in total. The second-order valence-electron chi connectivity index (χ2n) is 3.98. The number of nitrogens with zero attached hydrogens (tertiary/aromatic N) is 3. The molecule has 0 aromatic carbocycles. The Kier molecular flexibility index (Phi) is 3.65. The summed E-state index contributed by atoms with van der Waals surface area (Å²) in [4.78, 5) is 12.7. The Bertz CT molecular complexity index is 482. The number of hydrogen-bond acceptors (Lipinski definition) is 4. The van der Waals surface area contributed by atoms with E-state index < -0.39 is 0 Å². The summed E-state index contributed by atoms with van der Waals surface area (Å²) < 4.78 is 0. The van der Waals surface area contributed by atoms with Crippen molar-refractivity contribution in [2.75, 3.05) is 11.9 Å². The third kappa shape index (κ3) is 3.24. The summed E-state index contributed by atoms with van der Waals surface area (Å²) >= 11 is 0. The molecule has 0 aliphatic carbocycles. The topological polar surface area (TPSA) is 50.7 Å². The van der Waals surface area contributed by atoms with Gasteiger partial charge in [-0.2, -0.15) is 0 Å². The zero-order valence-corrected chi connectivity index (χ0v) is 10.1. The minimum atomic E-state index is 0.850. The van der Waals surface area contributed by atoms with E-state index in [2.05, 4.69) is 20.3 Å². The molecular formula is C13H16N4. The van der Waals surface area contributed by atoms with Crippen LogP contribution in [0.2, 0.25) is 0 Å². The third-order valence-corrected chi connectivity index (χ3v) is 2.53. The van der Waals surface area contributed by atoms with Gasteiger partial charge in [-0.15, -0.1) is 0 Å². The van der Waals surface area contributed by atoms with Crippen molar-refractivity contribution in [2.45, 2.75) is 20.3 Å². The highest BCUT2D eigenvalue weighted by Gasteiger charge is 2.00. The Labute approximate surface area is 101 Å². The monoisotopic (exact) mass is 228 g/mol. The van der Waals surface area contributed by atoms with Crippen molar-refractivity contribution in [3.8, 4) is 0 Å². The quantitative estimate of drug-likeness (QED) is 0.871. The predicted molar refractivity (Wildman–Crippen MR) is 67.9 cm³/mol. The van der Waals surface area contributed by atoms with Gasteiger partial charge in [-0.1, -0.05) is 0 Å². The molecular weight excluding hydrogens is 212 g/mol. The van der Waals surface area contributed by atoms with Gasteiger partial charge >= 0.3 is 0 Å². The van der Waals surface area contributed by atoms with Gasteiger partial charge in [0.05, 0.1) is 11.4 Å². The summed E-state index contributed by atoms with van der Waals surface area (Å²) in [6.45, 7) is 4.75. The van der Waals surface area contributed by atoms with Crippen molar-refractivity contribution >= 4 is 5.82 Å². The van der Waals surface area contributed by atoms with Crippen LogP contribution < -0.4 is 5.32 Å². The van der Waals surface area contributed by atoms with Gasteiger partial charge in [0.15, 0.2) is 0 Å². The molecule has 0 aliphatic rings.